The van der Waals surface area contributed by atoms with Crippen molar-refractivity contribution in [3.05, 3.63) is 114 Å². The largest absolute Gasteiger partial charge is 0.497 e. The van der Waals surface area contributed by atoms with Gasteiger partial charge in [0.2, 0.25) is 11.8 Å². The molecule has 41 heavy (non-hydrogen) atoms. The summed E-state index contributed by atoms with van der Waals surface area (Å²) >= 11 is 0. The summed E-state index contributed by atoms with van der Waals surface area (Å²) in [5, 5.41) is 11.4. The molecule has 0 unspecified atom stereocenters. The second-order valence-corrected chi connectivity index (χ2v) is 9.55. The van der Waals surface area contributed by atoms with Crippen molar-refractivity contribution in [3.63, 3.8) is 0 Å². The van der Waals surface area contributed by atoms with E-state index in [1.54, 1.807) is 30.0 Å². The molecule has 0 bridgehead atoms. The van der Waals surface area contributed by atoms with Crippen molar-refractivity contribution in [1.82, 2.24) is 20.3 Å². The van der Waals surface area contributed by atoms with E-state index >= 15 is 0 Å². The van der Waals surface area contributed by atoms with Gasteiger partial charge in [-0.05, 0) is 48.9 Å². The van der Waals surface area contributed by atoms with Crippen LogP contribution in [0.1, 0.15) is 22.7 Å². The predicted molar refractivity (Wildman–Crippen MR) is 157 cm³/mol. The van der Waals surface area contributed by atoms with Gasteiger partial charge in [0.05, 0.1) is 19.7 Å². The topological polar surface area (TPSA) is 98.6 Å². The quantitative estimate of drug-likeness (QED) is 0.268. The smallest absolute Gasteiger partial charge is 0.249 e. The summed E-state index contributed by atoms with van der Waals surface area (Å²) in [6.45, 7) is 2.13. The molecule has 1 N–H and O–H groups in total. The van der Waals surface area contributed by atoms with Crippen molar-refractivity contribution in [1.29, 1.82) is 0 Å². The second kappa shape index (κ2) is 12.3. The van der Waals surface area contributed by atoms with Crippen molar-refractivity contribution in [2.75, 3.05) is 19.1 Å². The Labute approximate surface area is 238 Å². The van der Waals surface area contributed by atoms with E-state index in [-0.39, 0.29) is 24.9 Å². The van der Waals surface area contributed by atoms with Crippen LogP contribution in [0, 0.1) is 6.92 Å². The number of aromatic nitrogens is 3. The summed E-state index contributed by atoms with van der Waals surface area (Å²) in [4.78, 5) is 29.9. The van der Waals surface area contributed by atoms with Crippen LogP contribution >= 0.6 is 0 Å². The van der Waals surface area contributed by atoms with E-state index < -0.39 is 6.04 Å². The van der Waals surface area contributed by atoms with Gasteiger partial charge in [0.1, 0.15) is 29.6 Å². The van der Waals surface area contributed by atoms with Crippen LogP contribution in [0.5, 0.6) is 11.5 Å². The maximum Gasteiger partial charge on any atom is 0.249 e. The number of aryl methyl sites for hydroxylation is 1. The monoisotopic (exact) mass is 549 g/mol. The molecule has 5 rings (SSSR count). The van der Waals surface area contributed by atoms with E-state index in [0.717, 1.165) is 16.6 Å². The molecule has 0 aliphatic rings. The Morgan fingerprint density at radius 1 is 0.902 bits per heavy atom. The third-order valence-corrected chi connectivity index (χ3v) is 6.84. The lowest BCUT2D eigenvalue weighted by atomic mass is 10.0. The lowest BCUT2D eigenvalue weighted by Crippen LogP contribution is -2.45. The predicted octanol–water partition coefficient (Wildman–Crippen LogP) is 4.85. The minimum absolute atomic E-state index is 0.130. The standard InChI is InChI=1S/C32H31N5O4/c1-22-13-15-24(16-14-22)37(30(38)21-36-28-12-8-7-11-27(28)34-35-36)31(26-18-17-25(40-2)19-29(26)41-3)32(39)33-20-23-9-5-4-6-10-23/h4-19,31H,20-21H2,1-3H3,(H,33,39)/t31-/m0/s1. The number of nitrogens with one attached hydrogen (secondary N) is 1. The molecule has 0 radical (unpaired) electrons. The van der Waals surface area contributed by atoms with E-state index in [1.165, 1.54) is 12.0 Å². The lowest BCUT2D eigenvalue weighted by molar-refractivity contribution is -0.127. The van der Waals surface area contributed by atoms with Crippen molar-refractivity contribution >= 4 is 28.5 Å². The van der Waals surface area contributed by atoms with Gasteiger partial charge in [-0.2, -0.15) is 0 Å². The van der Waals surface area contributed by atoms with Crippen LogP contribution in [-0.4, -0.2) is 41.0 Å². The number of amides is 2. The van der Waals surface area contributed by atoms with Gasteiger partial charge in [0.25, 0.3) is 0 Å². The number of anilines is 1. The van der Waals surface area contributed by atoms with Gasteiger partial charge >= 0.3 is 0 Å². The molecule has 1 atom stereocenters. The number of carbonyl (C=O) groups excluding carboxylic acids is 2. The van der Waals surface area contributed by atoms with Crippen molar-refractivity contribution < 1.29 is 19.1 Å². The van der Waals surface area contributed by atoms with Crippen LogP contribution in [0.25, 0.3) is 11.0 Å². The molecular formula is C32H31N5O4. The number of hydrogen-bond donors (Lipinski definition) is 1. The number of methoxy groups -OCH3 is 2. The number of benzene rings is 4. The highest BCUT2D eigenvalue weighted by molar-refractivity contribution is 6.02. The molecule has 2 amide bonds. The van der Waals surface area contributed by atoms with Gasteiger partial charge in [0, 0.05) is 23.9 Å². The molecule has 0 fully saturated rings. The second-order valence-electron chi connectivity index (χ2n) is 9.55. The first-order valence-electron chi connectivity index (χ1n) is 13.2. The highest BCUT2D eigenvalue weighted by Gasteiger charge is 2.35. The molecule has 5 aromatic rings. The first-order chi connectivity index (χ1) is 20.0. The fraction of sp³-hybridized carbons (Fsp3) is 0.188. The van der Waals surface area contributed by atoms with Gasteiger partial charge in [-0.3, -0.25) is 14.5 Å². The van der Waals surface area contributed by atoms with Crippen LogP contribution in [0.15, 0.2) is 97.1 Å². The van der Waals surface area contributed by atoms with E-state index in [4.69, 9.17) is 9.47 Å². The molecule has 0 aliphatic heterocycles. The summed E-state index contributed by atoms with van der Waals surface area (Å²) in [6, 6.07) is 28.7. The van der Waals surface area contributed by atoms with E-state index in [1.807, 2.05) is 85.8 Å². The zero-order chi connectivity index (χ0) is 28.8. The summed E-state index contributed by atoms with van der Waals surface area (Å²) in [5.41, 5.74) is 4.42. The minimum atomic E-state index is -1.07. The zero-order valence-electron chi connectivity index (χ0n) is 23.2. The SMILES string of the molecule is COc1ccc([C@@H](C(=O)NCc2ccccc2)N(C(=O)Cn2nnc3ccccc32)c2ccc(C)cc2)c(OC)c1. The molecule has 208 valence electrons. The van der Waals surface area contributed by atoms with Crippen LogP contribution < -0.4 is 19.7 Å². The van der Waals surface area contributed by atoms with Gasteiger partial charge in [-0.15, -0.1) is 5.10 Å². The van der Waals surface area contributed by atoms with Crippen LogP contribution in [-0.2, 0) is 22.7 Å². The van der Waals surface area contributed by atoms with Gasteiger partial charge in [-0.25, -0.2) is 4.68 Å². The lowest BCUT2D eigenvalue weighted by Gasteiger charge is -2.32. The Balaban J connectivity index is 1.60. The normalized spacial score (nSPS) is 11.6. The van der Waals surface area contributed by atoms with E-state index in [2.05, 4.69) is 15.6 Å². The van der Waals surface area contributed by atoms with Gasteiger partial charge in [-0.1, -0.05) is 65.4 Å². The number of nitrogens with zero attached hydrogens (tertiary/aromatic N) is 4. The van der Waals surface area contributed by atoms with Crippen molar-refractivity contribution in [3.8, 4) is 11.5 Å². The Hall–Kier alpha value is -5.18. The molecule has 1 heterocycles. The fourth-order valence-electron chi connectivity index (χ4n) is 4.70. The average molecular weight is 550 g/mol. The highest BCUT2D eigenvalue weighted by atomic mass is 16.5. The molecule has 9 nitrogen and oxygen atoms in total. The van der Waals surface area contributed by atoms with Crippen LogP contribution in [0.2, 0.25) is 0 Å². The minimum Gasteiger partial charge on any atom is -0.497 e. The van der Waals surface area contributed by atoms with Crippen LogP contribution in [0.4, 0.5) is 5.69 Å². The number of para-hydroxylation sites is 1. The average Bonchev–Trinajstić information content (AvgIpc) is 3.42. The Bertz CT molecular complexity index is 1650. The molecule has 1 aromatic heterocycles. The summed E-state index contributed by atoms with van der Waals surface area (Å²) in [6.07, 6.45) is 0. The summed E-state index contributed by atoms with van der Waals surface area (Å²) < 4.78 is 12.6. The number of fused-ring (bicyclic) bond motifs is 1. The molecule has 0 aliphatic carbocycles. The maximum atomic E-state index is 14.2. The summed E-state index contributed by atoms with van der Waals surface area (Å²) in [5.74, 6) is 0.272. The maximum absolute atomic E-state index is 14.2. The number of ether oxygens (including phenoxy) is 2. The number of hydrogen-bond acceptors (Lipinski definition) is 6. The van der Waals surface area contributed by atoms with Crippen LogP contribution in [0.3, 0.4) is 0 Å². The Morgan fingerprint density at radius 2 is 1.63 bits per heavy atom. The molecule has 0 saturated carbocycles. The van der Waals surface area contributed by atoms with Gasteiger partial charge < -0.3 is 14.8 Å². The molecule has 0 spiro atoms. The first-order valence-corrected chi connectivity index (χ1v) is 13.2. The molecular weight excluding hydrogens is 518 g/mol. The van der Waals surface area contributed by atoms with Gasteiger partial charge in [0.15, 0.2) is 0 Å². The molecule has 0 saturated heterocycles. The van der Waals surface area contributed by atoms with Crippen molar-refractivity contribution in [2.24, 2.45) is 0 Å². The number of rotatable bonds is 10. The van der Waals surface area contributed by atoms with E-state index in [0.29, 0.717) is 28.3 Å². The zero-order valence-corrected chi connectivity index (χ0v) is 23.2. The molecule has 9 heteroatoms. The third kappa shape index (κ3) is 6.04. The number of carbonyl (C=O) groups is 2. The Kier molecular flexibility index (Phi) is 8.24. The third-order valence-electron chi connectivity index (χ3n) is 6.84. The Morgan fingerprint density at radius 3 is 2.37 bits per heavy atom. The fourth-order valence-corrected chi connectivity index (χ4v) is 4.70. The van der Waals surface area contributed by atoms with E-state index in [9.17, 15) is 9.59 Å². The van der Waals surface area contributed by atoms with Crippen molar-refractivity contribution in [2.45, 2.75) is 26.1 Å². The summed E-state index contributed by atoms with van der Waals surface area (Å²) in [7, 11) is 3.08. The highest BCUT2D eigenvalue weighted by Crippen LogP contribution is 2.36. The molecule has 4 aromatic carbocycles. The first kappa shape index (κ1) is 27.4.